The minimum atomic E-state index is 0.0701. The van der Waals surface area contributed by atoms with Gasteiger partial charge in [0, 0.05) is 12.6 Å². The van der Waals surface area contributed by atoms with E-state index in [4.69, 9.17) is 18.9 Å². The molecule has 2 aromatic carbocycles. The van der Waals surface area contributed by atoms with Gasteiger partial charge >= 0.3 is 0 Å². The van der Waals surface area contributed by atoms with Gasteiger partial charge in [-0.05, 0) is 60.2 Å². The van der Waals surface area contributed by atoms with Crippen LogP contribution in [0.5, 0.6) is 23.0 Å². The molecule has 0 radical (unpaired) electrons. The molecular formula is C24H27NO5. The second-order valence-electron chi connectivity index (χ2n) is 7.49. The van der Waals surface area contributed by atoms with E-state index in [2.05, 4.69) is 0 Å². The van der Waals surface area contributed by atoms with Crippen molar-refractivity contribution in [2.45, 2.75) is 25.3 Å². The van der Waals surface area contributed by atoms with E-state index in [1.807, 2.05) is 41.3 Å². The molecule has 6 heteroatoms. The minimum Gasteiger partial charge on any atom is -0.493 e. The maximum absolute atomic E-state index is 13.6. The zero-order valence-electron chi connectivity index (χ0n) is 17.9. The van der Waals surface area contributed by atoms with Gasteiger partial charge in [0.25, 0.3) is 5.91 Å². The smallest absolute Gasteiger partial charge is 0.255 e. The number of amides is 1. The van der Waals surface area contributed by atoms with Crippen LogP contribution in [0.2, 0.25) is 0 Å². The average molecular weight is 409 g/mol. The van der Waals surface area contributed by atoms with Gasteiger partial charge in [0.05, 0.1) is 34.0 Å². The van der Waals surface area contributed by atoms with E-state index in [9.17, 15) is 4.79 Å². The summed E-state index contributed by atoms with van der Waals surface area (Å²) in [5, 5.41) is 0. The summed E-state index contributed by atoms with van der Waals surface area (Å²) in [6, 6.07) is 11.7. The van der Waals surface area contributed by atoms with Gasteiger partial charge in [0.15, 0.2) is 23.0 Å². The third-order valence-corrected chi connectivity index (χ3v) is 6.00. The maximum Gasteiger partial charge on any atom is 0.255 e. The van der Waals surface area contributed by atoms with Gasteiger partial charge in [-0.3, -0.25) is 4.79 Å². The minimum absolute atomic E-state index is 0.0701. The fraction of sp³-hybridized carbons (Fsp3) is 0.375. The van der Waals surface area contributed by atoms with Crippen LogP contribution in [0.25, 0.3) is 11.1 Å². The number of nitrogens with zero attached hydrogens (tertiary/aromatic N) is 1. The lowest BCUT2D eigenvalue weighted by Gasteiger charge is -2.33. The van der Waals surface area contributed by atoms with Crippen LogP contribution < -0.4 is 18.9 Å². The lowest BCUT2D eigenvalue weighted by Crippen LogP contribution is -2.39. The Kier molecular flexibility index (Phi) is 5.57. The highest BCUT2D eigenvalue weighted by atomic mass is 16.5. The van der Waals surface area contributed by atoms with Gasteiger partial charge in [0.2, 0.25) is 0 Å². The van der Waals surface area contributed by atoms with Crippen molar-refractivity contribution < 1.29 is 23.7 Å². The zero-order chi connectivity index (χ0) is 21.3. The fourth-order valence-electron chi connectivity index (χ4n) is 4.50. The number of fused-ring (bicyclic) bond motifs is 1. The second-order valence-corrected chi connectivity index (χ2v) is 7.49. The van der Waals surface area contributed by atoms with Gasteiger partial charge in [-0.2, -0.15) is 0 Å². The predicted molar refractivity (Wildman–Crippen MR) is 115 cm³/mol. The van der Waals surface area contributed by atoms with Crippen LogP contribution in [0.4, 0.5) is 0 Å². The highest BCUT2D eigenvalue weighted by Gasteiger charge is 2.38. The fourth-order valence-corrected chi connectivity index (χ4v) is 4.50. The number of rotatable bonds is 6. The largest absolute Gasteiger partial charge is 0.493 e. The Balaban J connectivity index is 1.90. The van der Waals surface area contributed by atoms with Gasteiger partial charge < -0.3 is 23.8 Å². The Morgan fingerprint density at radius 3 is 1.97 bits per heavy atom. The molecule has 2 aliphatic rings. The Morgan fingerprint density at radius 2 is 1.37 bits per heavy atom. The summed E-state index contributed by atoms with van der Waals surface area (Å²) >= 11 is 0. The van der Waals surface area contributed by atoms with Crippen LogP contribution in [-0.4, -0.2) is 51.8 Å². The quantitative estimate of drug-likeness (QED) is 0.721. The van der Waals surface area contributed by atoms with Crippen molar-refractivity contribution in [3.8, 4) is 23.0 Å². The van der Waals surface area contributed by atoms with Crippen molar-refractivity contribution in [2.24, 2.45) is 0 Å². The first-order valence-corrected chi connectivity index (χ1v) is 10.1. The molecule has 1 unspecified atom stereocenters. The van der Waals surface area contributed by atoms with E-state index in [0.29, 0.717) is 28.6 Å². The van der Waals surface area contributed by atoms with Crippen molar-refractivity contribution in [2.75, 3.05) is 35.0 Å². The van der Waals surface area contributed by atoms with E-state index in [0.717, 1.165) is 42.5 Å². The number of hydrogen-bond donors (Lipinski definition) is 0. The molecule has 0 aliphatic carbocycles. The lowest BCUT2D eigenvalue weighted by molar-refractivity contribution is -0.126. The van der Waals surface area contributed by atoms with Gasteiger partial charge in [-0.1, -0.05) is 12.1 Å². The molecule has 4 rings (SSSR count). The zero-order valence-corrected chi connectivity index (χ0v) is 17.9. The number of benzene rings is 2. The first-order valence-electron chi connectivity index (χ1n) is 10.1. The van der Waals surface area contributed by atoms with E-state index in [-0.39, 0.29) is 11.9 Å². The first-order chi connectivity index (χ1) is 14.6. The van der Waals surface area contributed by atoms with E-state index in [1.165, 1.54) is 0 Å². The SMILES string of the molecule is COc1ccc(C2=C(c3ccc(OC)c(OC)c3)C(=O)N3CCCC3C2)cc1OC. The van der Waals surface area contributed by atoms with Crippen LogP contribution in [0, 0.1) is 0 Å². The molecule has 1 atom stereocenters. The molecule has 0 bridgehead atoms. The van der Waals surface area contributed by atoms with Gasteiger partial charge in [-0.25, -0.2) is 0 Å². The summed E-state index contributed by atoms with van der Waals surface area (Å²) in [7, 11) is 6.44. The molecule has 0 aromatic heterocycles. The molecule has 1 fully saturated rings. The molecule has 0 N–H and O–H groups in total. The molecule has 158 valence electrons. The molecule has 1 amide bonds. The molecule has 2 aromatic rings. The highest BCUT2D eigenvalue weighted by molar-refractivity contribution is 6.28. The van der Waals surface area contributed by atoms with Gasteiger partial charge in [0.1, 0.15) is 0 Å². The number of methoxy groups -OCH3 is 4. The molecule has 2 aliphatic heterocycles. The van der Waals surface area contributed by atoms with E-state index < -0.39 is 0 Å². The summed E-state index contributed by atoms with van der Waals surface area (Å²) in [4.78, 5) is 15.6. The van der Waals surface area contributed by atoms with Crippen molar-refractivity contribution >= 4 is 17.1 Å². The number of carbonyl (C=O) groups excluding carboxylic acids is 1. The first kappa shape index (κ1) is 20.1. The van der Waals surface area contributed by atoms with Crippen molar-refractivity contribution in [3.63, 3.8) is 0 Å². The van der Waals surface area contributed by atoms with Crippen LogP contribution in [-0.2, 0) is 4.79 Å². The Bertz CT molecular complexity index is 997. The Labute approximate surface area is 177 Å². The van der Waals surface area contributed by atoms with Crippen LogP contribution in [0.1, 0.15) is 30.4 Å². The standard InChI is InChI=1S/C24H27NO5/c1-27-19-9-7-15(12-21(19)29-3)18-14-17-6-5-11-25(17)24(26)23(18)16-8-10-20(28-2)22(13-16)30-4/h7-10,12-13,17H,5-6,11,14H2,1-4H3. The summed E-state index contributed by atoms with van der Waals surface area (Å²) in [6.45, 7) is 0.805. The van der Waals surface area contributed by atoms with E-state index >= 15 is 0 Å². The number of carbonyl (C=O) groups is 1. The monoisotopic (exact) mass is 409 g/mol. The summed E-state index contributed by atoms with van der Waals surface area (Å²) in [5.41, 5.74) is 3.53. The molecule has 2 heterocycles. The highest BCUT2D eigenvalue weighted by Crippen LogP contribution is 2.43. The summed E-state index contributed by atoms with van der Waals surface area (Å²) in [5.74, 6) is 2.62. The maximum atomic E-state index is 13.6. The summed E-state index contributed by atoms with van der Waals surface area (Å²) in [6.07, 6.45) is 2.88. The average Bonchev–Trinajstić information content (AvgIpc) is 3.27. The second kappa shape index (κ2) is 8.30. The molecule has 1 saturated heterocycles. The molecule has 6 nitrogen and oxygen atoms in total. The third-order valence-electron chi connectivity index (χ3n) is 6.00. The van der Waals surface area contributed by atoms with Crippen molar-refractivity contribution in [1.82, 2.24) is 4.90 Å². The predicted octanol–water partition coefficient (Wildman–Crippen LogP) is 4.03. The van der Waals surface area contributed by atoms with Crippen LogP contribution in [0.3, 0.4) is 0 Å². The topological polar surface area (TPSA) is 57.2 Å². The van der Waals surface area contributed by atoms with Gasteiger partial charge in [-0.15, -0.1) is 0 Å². The molecular weight excluding hydrogens is 382 g/mol. The Morgan fingerprint density at radius 1 is 0.800 bits per heavy atom. The Hall–Kier alpha value is -3.15. The van der Waals surface area contributed by atoms with Crippen molar-refractivity contribution in [1.29, 1.82) is 0 Å². The molecule has 30 heavy (non-hydrogen) atoms. The molecule has 0 saturated carbocycles. The number of ether oxygens (including phenoxy) is 4. The normalized spacial score (nSPS) is 18.3. The summed E-state index contributed by atoms with van der Waals surface area (Å²) < 4.78 is 21.8. The third kappa shape index (κ3) is 3.36. The van der Waals surface area contributed by atoms with Crippen LogP contribution >= 0.6 is 0 Å². The molecule has 0 spiro atoms. The lowest BCUT2D eigenvalue weighted by atomic mass is 9.85. The van der Waals surface area contributed by atoms with Crippen LogP contribution in [0.15, 0.2) is 36.4 Å². The van der Waals surface area contributed by atoms with E-state index in [1.54, 1.807) is 28.4 Å². The number of hydrogen-bond acceptors (Lipinski definition) is 5. The van der Waals surface area contributed by atoms with Crippen molar-refractivity contribution in [3.05, 3.63) is 47.5 Å².